The molecule has 1 atom stereocenters. The summed E-state index contributed by atoms with van der Waals surface area (Å²) in [6.45, 7) is 1.98. The van der Waals surface area contributed by atoms with Crippen LogP contribution in [0.4, 0.5) is 0 Å². The van der Waals surface area contributed by atoms with Crippen molar-refractivity contribution in [3.8, 4) is 0 Å². The van der Waals surface area contributed by atoms with Crippen LogP contribution >= 0.6 is 0 Å². The van der Waals surface area contributed by atoms with Gasteiger partial charge in [0.05, 0.1) is 6.54 Å². The summed E-state index contributed by atoms with van der Waals surface area (Å²) in [7, 11) is 0. The van der Waals surface area contributed by atoms with Gasteiger partial charge in [-0.05, 0) is 6.42 Å². The van der Waals surface area contributed by atoms with E-state index in [2.05, 4.69) is 10.6 Å². The SMILES string of the molecule is CC[C@H]1NC(=O)CNC1=O. The minimum Gasteiger partial charge on any atom is -0.345 e. The molecule has 0 bridgehead atoms. The van der Waals surface area contributed by atoms with Crippen molar-refractivity contribution in [2.45, 2.75) is 19.4 Å². The van der Waals surface area contributed by atoms with Gasteiger partial charge in [0, 0.05) is 0 Å². The molecule has 2 N–H and O–H groups in total. The lowest BCUT2D eigenvalue weighted by molar-refractivity contribution is -0.133. The van der Waals surface area contributed by atoms with Crippen LogP contribution in [0.3, 0.4) is 0 Å². The molecule has 1 saturated heterocycles. The zero-order chi connectivity index (χ0) is 7.56. The molecule has 1 aliphatic rings. The minimum absolute atomic E-state index is 0.0814. The molecule has 0 aromatic carbocycles. The van der Waals surface area contributed by atoms with Crippen LogP contribution in [0.15, 0.2) is 0 Å². The van der Waals surface area contributed by atoms with Crippen LogP contribution in [-0.4, -0.2) is 24.4 Å². The van der Waals surface area contributed by atoms with Crippen LogP contribution in [0.2, 0.25) is 0 Å². The maximum atomic E-state index is 10.8. The molecule has 1 heterocycles. The number of nitrogens with one attached hydrogen (secondary N) is 2. The Morgan fingerprint density at radius 2 is 2.30 bits per heavy atom. The van der Waals surface area contributed by atoms with E-state index in [-0.39, 0.29) is 24.4 Å². The number of carbonyl (C=O) groups is 2. The van der Waals surface area contributed by atoms with Crippen LogP contribution in [-0.2, 0) is 9.59 Å². The van der Waals surface area contributed by atoms with Crippen molar-refractivity contribution in [2.24, 2.45) is 0 Å². The van der Waals surface area contributed by atoms with E-state index in [1.807, 2.05) is 6.92 Å². The van der Waals surface area contributed by atoms with Gasteiger partial charge in [0.1, 0.15) is 6.04 Å². The van der Waals surface area contributed by atoms with E-state index in [0.717, 1.165) is 0 Å². The molecule has 0 radical (unpaired) electrons. The zero-order valence-electron chi connectivity index (χ0n) is 5.81. The molecule has 10 heavy (non-hydrogen) atoms. The van der Waals surface area contributed by atoms with E-state index in [9.17, 15) is 9.59 Å². The lowest BCUT2D eigenvalue weighted by Gasteiger charge is -2.21. The molecule has 0 unspecified atom stereocenters. The van der Waals surface area contributed by atoms with Crippen LogP contribution in [0.5, 0.6) is 0 Å². The molecule has 1 fully saturated rings. The van der Waals surface area contributed by atoms with Gasteiger partial charge in [-0.1, -0.05) is 6.92 Å². The highest BCUT2D eigenvalue weighted by Gasteiger charge is 2.23. The highest BCUT2D eigenvalue weighted by Crippen LogP contribution is 1.93. The standard InChI is InChI=1S/C6H10N2O2/c1-2-4-6(10)7-3-5(9)8-4/h4H,2-3H2,1H3,(H,7,10)(H,8,9)/t4-/m1/s1. The summed E-state index contributed by atoms with van der Waals surface area (Å²) in [6.07, 6.45) is 0.650. The zero-order valence-corrected chi connectivity index (χ0v) is 5.81. The quantitative estimate of drug-likeness (QED) is 0.494. The molecule has 2 amide bonds. The highest BCUT2D eigenvalue weighted by molar-refractivity contribution is 5.94. The third-order valence-electron chi connectivity index (χ3n) is 1.48. The van der Waals surface area contributed by atoms with E-state index >= 15 is 0 Å². The van der Waals surface area contributed by atoms with Gasteiger partial charge in [-0.15, -0.1) is 0 Å². The second-order valence-corrected chi connectivity index (χ2v) is 2.25. The van der Waals surface area contributed by atoms with Crippen molar-refractivity contribution in [3.63, 3.8) is 0 Å². The Morgan fingerprint density at radius 1 is 1.60 bits per heavy atom. The van der Waals surface area contributed by atoms with Gasteiger partial charge in [0.15, 0.2) is 0 Å². The lowest BCUT2D eigenvalue weighted by Crippen LogP contribution is -2.55. The first-order valence-electron chi connectivity index (χ1n) is 3.31. The molecule has 4 nitrogen and oxygen atoms in total. The van der Waals surface area contributed by atoms with Crippen LogP contribution in [0.25, 0.3) is 0 Å². The van der Waals surface area contributed by atoms with Gasteiger partial charge < -0.3 is 10.6 Å². The molecule has 0 saturated carbocycles. The van der Waals surface area contributed by atoms with E-state index in [0.29, 0.717) is 6.42 Å². The van der Waals surface area contributed by atoms with Crippen molar-refractivity contribution in [1.82, 2.24) is 10.6 Å². The topological polar surface area (TPSA) is 58.2 Å². The number of amides is 2. The monoisotopic (exact) mass is 142 g/mol. The second-order valence-electron chi connectivity index (χ2n) is 2.25. The molecule has 56 valence electrons. The third kappa shape index (κ3) is 1.26. The van der Waals surface area contributed by atoms with Gasteiger partial charge in [-0.25, -0.2) is 0 Å². The highest BCUT2D eigenvalue weighted by atomic mass is 16.2. The minimum atomic E-state index is -0.318. The maximum absolute atomic E-state index is 10.8. The number of rotatable bonds is 1. The average molecular weight is 142 g/mol. The lowest BCUT2D eigenvalue weighted by atomic mass is 10.2. The summed E-state index contributed by atoms with van der Waals surface area (Å²) in [6, 6.07) is -0.318. The normalized spacial score (nSPS) is 25.5. The predicted octanol–water partition coefficient (Wildman–Crippen LogP) is -0.989. The Hall–Kier alpha value is -1.06. The molecular formula is C6H10N2O2. The molecule has 4 heteroatoms. The summed E-state index contributed by atoms with van der Waals surface area (Å²) in [5.41, 5.74) is 0. The third-order valence-corrected chi connectivity index (χ3v) is 1.48. The molecule has 0 aromatic heterocycles. The predicted molar refractivity (Wildman–Crippen MR) is 35.2 cm³/mol. The second kappa shape index (κ2) is 2.68. The number of piperazine rings is 1. The van der Waals surface area contributed by atoms with Crippen molar-refractivity contribution in [2.75, 3.05) is 6.54 Å². The number of hydrogen-bond acceptors (Lipinski definition) is 2. The Kier molecular flexibility index (Phi) is 1.89. The van der Waals surface area contributed by atoms with Gasteiger partial charge in [0.25, 0.3) is 0 Å². The van der Waals surface area contributed by atoms with Gasteiger partial charge in [-0.3, -0.25) is 9.59 Å². The summed E-state index contributed by atoms with van der Waals surface area (Å²) < 4.78 is 0. The molecule has 0 aromatic rings. The van der Waals surface area contributed by atoms with Crippen molar-refractivity contribution in [1.29, 1.82) is 0 Å². The molecular weight excluding hydrogens is 132 g/mol. The maximum Gasteiger partial charge on any atom is 0.243 e. The average Bonchev–Trinajstić information content (AvgIpc) is 1.94. The van der Waals surface area contributed by atoms with Crippen molar-refractivity contribution >= 4 is 11.8 Å². The fourth-order valence-corrected chi connectivity index (χ4v) is 0.889. The van der Waals surface area contributed by atoms with Crippen LogP contribution in [0, 0.1) is 0 Å². The summed E-state index contributed by atoms with van der Waals surface area (Å²) in [5, 5.41) is 5.05. The fraction of sp³-hybridized carbons (Fsp3) is 0.667. The first-order valence-corrected chi connectivity index (χ1v) is 3.31. The van der Waals surface area contributed by atoms with Gasteiger partial charge in [0.2, 0.25) is 11.8 Å². The number of hydrogen-bond donors (Lipinski definition) is 2. The molecule has 0 spiro atoms. The summed E-state index contributed by atoms with van der Waals surface area (Å²) >= 11 is 0. The molecule has 0 aliphatic carbocycles. The van der Waals surface area contributed by atoms with Gasteiger partial charge >= 0.3 is 0 Å². The van der Waals surface area contributed by atoms with E-state index < -0.39 is 0 Å². The number of carbonyl (C=O) groups excluding carboxylic acids is 2. The summed E-state index contributed by atoms with van der Waals surface area (Å²) in [5.74, 6) is -0.187. The van der Waals surface area contributed by atoms with Gasteiger partial charge in [-0.2, -0.15) is 0 Å². The van der Waals surface area contributed by atoms with E-state index in [4.69, 9.17) is 0 Å². The van der Waals surface area contributed by atoms with Crippen LogP contribution < -0.4 is 10.6 Å². The largest absolute Gasteiger partial charge is 0.345 e. The van der Waals surface area contributed by atoms with Crippen molar-refractivity contribution < 1.29 is 9.59 Å². The van der Waals surface area contributed by atoms with Crippen LogP contribution in [0.1, 0.15) is 13.3 Å². The summed E-state index contributed by atoms with van der Waals surface area (Å²) in [4.78, 5) is 21.5. The fourth-order valence-electron chi connectivity index (χ4n) is 0.889. The van der Waals surface area contributed by atoms with Crippen molar-refractivity contribution in [3.05, 3.63) is 0 Å². The first-order chi connectivity index (χ1) is 4.74. The first kappa shape index (κ1) is 7.05. The molecule has 1 aliphatic heterocycles. The molecule has 1 rings (SSSR count). The Labute approximate surface area is 59.0 Å². The Balaban J connectivity index is 2.53. The Bertz CT molecular complexity index is 167. The van der Waals surface area contributed by atoms with E-state index in [1.54, 1.807) is 0 Å². The smallest absolute Gasteiger partial charge is 0.243 e. The Morgan fingerprint density at radius 3 is 2.80 bits per heavy atom. The van der Waals surface area contributed by atoms with E-state index in [1.165, 1.54) is 0 Å².